The Kier molecular flexibility index (Phi) is 10.4. The van der Waals surface area contributed by atoms with Crippen LogP contribution in [-0.2, 0) is 10.0 Å². The number of sulfonamides is 1. The Balaban J connectivity index is 0.00000392. The minimum absolute atomic E-state index is 0. The average Bonchev–Trinajstić information content (AvgIpc) is 2.64. The van der Waals surface area contributed by atoms with Crippen molar-refractivity contribution in [2.24, 2.45) is 4.99 Å². The van der Waals surface area contributed by atoms with Crippen LogP contribution in [0.5, 0.6) is 0 Å². The molecule has 0 amide bonds. The first-order valence-electron chi connectivity index (χ1n) is 8.45. The highest BCUT2D eigenvalue weighted by Gasteiger charge is 2.50. The number of piperidine rings is 1. The van der Waals surface area contributed by atoms with Crippen LogP contribution in [0.25, 0.3) is 0 Å². The largest absolute Gasteiger partial charge is 0.511 e. The number of aliphatic imine (C=N–C) groups is 1. The minimum atomic E-state index is -5.25. The SMILES string of the molecule is CN=C(NCCSc1ccccc1)NC1CCN(S(=O)(=O)C(F)(F)F)CC1.I. The van der Waals surface area contributed by atoms with E-state index >= 15 is 0 Å². The number of alkyl halides is 3. The highest BCUT2D eigenvalue weighted by molar-refractivity contribution is 14.0. The fraction of sp³-hybridized carbons (Fsp3) is 0.562. The van der Waals surface area contributed by atoms with E-state index < -0.39 is 15.5 Å². The normalized spacial score (nSPS) is 17.1. The molecule has 2 N–H and O–H groups in total. The van der Waals surface area contributed by atoms with Gasteiger partial charge in [-0.15, -0.1) is 35.7 Å². The van der Waals surface area contributed by atoms with Gasteiger partial charge in [0, 0.05) is 43.4 Å². The lowest BCUT2D eigenvalue weighted by Gasteiger charge is -2.32. The fourth-order valence-corrected chi connectivity index (χ4v) is 4.40. The Labute approximate surface area is 184 Å². The molecular formula is C16H24F3IN4O2S2. The van der Waals surface area contributed by atoms with Gasteiger partial charge >= 0.3 is 15.5 Å². The number of benzene rings is 1. The van der Waals surface area contributed by atoms with Crippen LogP contribution in [0, 0.1) is 0 Å². The second-order valence-corrected chi connectivity index (χ2v) is 9.03. The third kappa shape index (κ3) is 7.26. The zero-order valence-electron chi connectivity index (χ0n) is 15.3. The van der Waals surface area contributed by atoms with Crippen LogP contribution in [0.4, 0.5) is 13.2 Å². The van der Waals surface area contributed by atoms with Gasteiger partial charge in [-0.3, -0.25) is 4.99 Å². The lowest BCUT2D eigenvalue weighted by molar-refractivity contribution is -0.0494. The van der Waals surface area contributed by atoms with Gasteiger partial charge in [0.05, 0.1) is 0 Å². The summed E-state index contributed by atoms with van der Waals surface area (Å²) in [6.07, 6.45) is 0.573. The molecule has 0 atom stereocenters. The summed E-state index contributed by atoms with van der Waals surface area (Å²) in [5.74, 6) is 1.38. The van der Waals surface area contributed by atoms with Gasteiger partial charge in [-0.25, -0.2) is 8.42 Å². The third-order valence-corrected chi connectivity index (χ3v) is 6.70. The van der Waals surface area contributed by atoms with Crippen LogP contribution in [0.3, 0.4) is 0 Å². The number of rotatable bonds is 6. The molecule has 6 nitrogen and oxygen atoms in total. The summed E-state index contributed by atoms with van der Waals surface area (Å²) in [5.41, 5.74) is -5.25. The molecule has 1 heterocycles. The van der Waals surface area contributed by atoms with Crippen molar-refractivity contribution in [3.8, 4) is 0 Å². The zero-order chi connectivity index (χ0) is 19.9. The lowest BCUT2D eigenvalue weighted by atomic mass is 10.1. The smallest absolute Gasteiger partial charge is 0.356 e. The van der Waals surface area contributed by atoms with Crippen LogP contribution in [-0.4, -0.2) is 62.7 Å². The second kappa shape index (κ2) is 11.5. The molecule has 28 heavy (non-hydrogen) atoms. The number of hydrogen-bond acceptors (Lipinski definition) is 4. The topological polar surface area (TPSA) is 73.8 Å². The second-order valence-electron chi connectivity index (χ2n) is 5.93. The van der Waals surface area contributed by atoms with Crippen molar-refractivity contribution in [1.82, 2.24) is 14.9 Å². The Hall–Kier alpha value is -0.730. The quantitative estimate of drug-likeness (QED) is 0.187. The molecule has 0 aromatic heterocycles. The first kappa shape index (κ1) is 25.3. The van der Waals surface area contributed by atoms with E-state index in [0.717, 1.165) is 5.75 Å². The van der Waals surface area contributed by atoms with E-state index in [1.807, 2.05) is 30.3 Å². The molecule has 0 aliphatic carbocycles. The summed E-state index contributed by atoms with van der Waals surface area (Å²) in [4.78, 5) is 5.27. The lowest BCUT2D eigenvalue weighted by Crippen LogP contribution is -2.51. The Morgan fingerprint density at radius 1 is 1.25 bits per heavy atom. The van der Waals surface area contributed by atoms with Gasteiger partial charge in [0.15, 0.2) is 5.96 Å². The fourth-order valence-electron chi connectivity index (χ4n) is 2.63. The van der Waals surface area contributed by atoms with E-state index in [2.05, 4.69) is 15.6 Å². The van der Waals surface area contributed by atoms with E-state index in [1.54, 1.807) is 18.8 Å². The maximum Gasteiger partial charge on any atom is 0.511 e. The zero-order valence-corrected chi connectivity index (χ0v) is 19.2. The highest BCUT2D eigenvalue weighted by atomic mass is 127. The monoisotopic (exact) mass is 552 g/mol. The van der Waals surface area contributed by atoms with E-state index in [0.29, 0.717) is 16.8 Å². The number of halogens is 4. The van der Waals surface area contributed by atoms with Crippen LogP contribution >= 0.6 is 35.7 Å². The van der Waals surface area contributed by atoms with Gasteiger partial charge in [-0.1, -0.05) is 18.2 Å². The average molecular weight is 552 g/mol. The van der Waals surface area contributed by atoms with Crippen molar-refractivity contribution in [3.63, 3.8) is 0 Å². The highest BCUT2D eigenvalue weighted by Crippen LogP contribution is 2.28. The van der Waals surface area contributed by atoms with Gasteiger partial charge in [0.25, 0.3) is 0 Å². The van der Waals surface area contributed by atoms with Gasteiger partial charge < -0.3 is 10.6 Å². The summed E-state index contributed by atoms with van der Waals surface area (Å²) >= 11 is 1.70. The minimum Gasteiger partial charge on any atom is -0.356 e. The third-order valence-electron chi connectivity index (χ3n) is 4.06. The number of hydrogen-bond donors (Lipinski definition) is 2. The number of guanidine groups is 1. The summed E-state index contributed by atoms with van der Waals surface area (Å²) in [6, 6.07) is 9.83. The molecule has 160 valence electrons. The summed E-state index contributed by atoms with van der Waals surface area (Å²) in [5, 5.41) is 6.30. The number of nitrogens with zero attached hydrogens (tertiary/aromatic N) is 2. The molecule has 1 saturated heterocycles. The molecule has 0 bridgehead atoms. The van der Waals surface area contributed by atoms with Crippen LogP contribution in [0.2, 0.25) is 0 Å². The van der Waals surface area contributed by atoms with E-state index in [-0.39, 0.29) is 55.9 Å². The molecule has 1 aromatic carbocycles. The van der Waals surface area contributed by atoms with Crippen LogP contribution in [0.1, 0.15) is 12.8 Å². The molecular weight excluding hydrogens is 528 g/mol. The molecule has 12 heteroatoms. The molecule has 1 fully saturated rings. The first-order valence-corrected chi connectivity index (χ1v) is 10.9. The van der Waals surface area contributed by atoms with Gasteiger partial charge in [-0.05, 0) is 25.0 Å². The molecule has 1 aromatic rings. The van der Waals surface area contributed by atoms with Crippen molar-refractivity contribution in [2.45, 2.75) is 29.3 Å². The number of thioether (sulfide) groups is 1. The molecule has 1 aliphatic heterocycles. The molecule has 2 rings (SSSR count). The maximum absolute atomic E-state index is 12.6. The van der Waals surface area contributed by atoms with Crippen LogP contribution < -0.4 is 10.6 Å². The predicted octanol–water partition coefficient (Wildman–Crippen LogP) is 2.88. The van der Waals surface area contributed by atoms with Crippen LogP contribution in [0.15, 0.2) is 40.2 Å². The maximum atomic E-state index is 12.6. The predicted molar refractivity (Wildman–Crippen MR) is 117 cm³/mol. The molecule has 1 aliphatic rings. The van der Waals surface area contributed by atoms with Crippen molar-refractivity contribution < 1.29 is 21.6 Å². The van der Waals surface area contributed by atoms with E-state index in [9.17, 15) is 21.6 Å². The van der Waals surface area contributed by atoms with Gasteiger partial charge in [0.1, 0.15) is 0 Å². The Morgan fingerprint density at radius 3 is 2.39 bits per heavy atom. The van der Waals surface area contributed by atoms with Crippen molar-refractivity contribution >= 4 is 51.7 Å². The van der Waals surface area contributed by atoms with Crippen molar-refractivity contribution in [2.75, 3.05) is 32.4 Å². The number of nitrogens with one attached hydrogen (secondary N) is 2. The first-order chi connectivity index (χ1) is 12.7. The summed E-state index contributed by atoms with van der Waals surface area (Å²) < 4.78 is 61.1. The molecule has 0 unspecified atom stereocenters. The summed E-state index contributed by atoms with van der Waals surface area (Å²) in [6.45, 7) is 0.335. The van der Waals surface area contributed by atoms with Crippen molar-refractivity contribution in [3.05, 3.63) is 30.3 Å². The Morgan fingerprint density at radius 2 is 1.86 bits per heavy atom. The van der Waals surface area contributed by atoms with E-state index in [4.69, 9.17) is 0 Å². The van der Waals surface area contributed by atoms with E-state index in [1.165, 1.54) is 4.90 Å². The molecule has 0 radical (unpaired) electrons. The summed E-state index contributed by atoms with van der Waals surface area (Å²) in [7, 11) is -3.63. The van der Waals surface area contributed by atoms with Gasteiger partial charge in [0.2, 0.25) is 0 Å². The van der Waals surface area contributed by atoms with Gasteiger partial charge in [-0.2, -0.15) is 17.5 Å². The Bertz CT molecular complexity index is 725. The van der Waals surface area contributed by atoms with Crippen molar-refractivity contribution in [1.29, 1.82) is 0 Å². The standard InChI is InChI=1S/C16H23F3N4O2S2.HI/c1-20-15(21-9-12-26-14-5-3-2-4-6-14)22-13-7-10-23(11-8-13)27(24,25)16(17,18)19;/h2-6,13H,7-12H2,1H3,(H2,20,21,22);1H. The molecule has 0 spiro atoms. The molecule has 0 saturated carbocycles.